The molecular weight excluding hydrogens is 376 g/mol. The van der Waals surface area contributed by atoms with Crippen molar-refractivity contribution in [2.24, 2.45) is 5.41 Å². The van der Waals surface area contributed by atoms with Crippen LogP contribution in [0.25, 0.3) is 0 Å². The van der Waals surface area contributed by atoms with E-state index < -0.39 is 0 Å². The van der Waals surface area contributed by atoms with Crippen LogP contribution in [0.4, 0.5) is 0 Å². The molecule has 0 aliphatic carbocycles. The lowest BCUT2D eigenvalue weighted by Gasteiger charge is -2.38. The molecule has 2 aromatic rings. The Labute approximate surface area is 172 Å². The van der Waals surface area contributed by atoms with Crippen molar-refractivity contribution < 1.29 is 4.79 Å². The van der Waals surface area contributed by atoms with Crippen molar-refractivity contribution in [1.82, 2.24) is 10.2 Å². The molecule has 27 heavy (non-hydrogen) atoms. The van der Waals surface area contributed by atoms with E-state index in [9.17, 15) is 4.79 Å². The van der Waals surface area contributed by atoms with Crippen molar-refractivity contribution in [3.8, 4) is 0 Å². The molecule has 0 aromatic heterocycles. The van der Waals surface area contributed by atoms with E-state index in [4.69, 9.17) is 0 Å². The van der Waals surface area contributed by atoms with Crippen LogP contribution in [0.15, 0.2) is 59.5 Å². The molecule has 0 atom stereocenters. The number of benzene rings is 2. The lowest BCUT2D eigenvalue weighted by atomic mass is 9.78. The predicted octanol–water partition coefficient (Wildman–Crippen LogP) is 4.62. The molecular formula is C22H27ClN2OS. The number of carbonyl (C=O) groups is 1. The Balaban J connectivity index is 0.00000210. The van der Waals surface area contributed by atoms with Gasteiger partial charge >= 0.3 is 0 Å². The molecule has 1 spiro atoms. The van der Waals surface area contributed by atoms with E-state index in [1.165, 1.54) is 16.9 Å². The third-order valence-corrected chi connectivity index (χ3v) is 6.88. The number of amides is 1. The van der Waals surface area contributed by atoms with E-state index in [0.29, 0.717) is 5.41 Å². The van der Waals surface area contributed by atoms with E-state index in [2.05, 4.69) is 41.7 Å². The summed E-state index contributed by atoms with van der Waals surface area (Å²) < 4.78 is 0. The number of likely N-dealkylation sites (tertiary alicyclic amines) is 1. The molecule has 0 radical (unpaired) electrons. The zero-order valence-corrected chi connectivity index (χ0v) is 17.2. The Hall–Kier alpha value is -1.49. The average Bonchev–Trinajstić information content (AvgIpc) is 3.16. The fourth-order valence-electron chi connectivity index (χ4n) is 4.02. The molecule has 2 aliphatic rings. The van der Waals surface area contributed by atoms with Crippen LogP contribution in [0, 0.1) is 5.41 Å². The summed E-state index contributed by atoms with van der Waals surface area (Å²) in [4.78, 5) is 16.1. The highest BCUT2D eigenvalue weighted by atomic mass is 35.5. The van der Waals surface area contributed by atoms with Gasteiger partial charge in [-0.05, 0) is 61.1 Å². The number of hydrogen-bond acceptors (Lipinski definition) is 3. The standard InChI is InChI=1S/C22H26N2OS.ClH/c25-21(24-14-11-22(12-15-24)10-13-23-17-22)19-8-6-18(7-9-19)16-26-20-4-2-1-3-5-20;/h1-9,23H,10-17H2;1H. The first kappa shape index (κ1) is 20.2. The molecule has 2 heterocycles. The Bertz CT molecular complexity index is 735. The first-order chi connectivity index (χ1) is 12.7. The molecule has 0 saturated carbocycles. The number of halogens is 1. The molecule has 3 nitrogen and oxygen atoms in total. The first-order valence-electron chi connectivity index (χ1n) is 9.51. The number of thioether (sulfide) groups is 1. The van der Waals surface area contributed by atoms with Crippen molar-refractivity contribution in [3.05, 3.63) is 65.7 Å². The molecule has 0 bridgehead atoms. The van der Waals surface area contributed by atoms with Gasteiger partial charge in [0.15, 0.2) is 0 Å². The van der Waals surface area contributed by atoms with Crippen LogP contribution in [0.2, 0.25) is 0 Å². The summed E-state index contributed by atoms with van der Waals surface area (Å²) in [5.41, 5.74) is 2.53. The second-order valence-electron chi connectivity index (χ2n) is 7.52. The minimum absolute atomic E-state index is 0. The van der Waals surface area contributed by atoms with Crippen LogP contribution in [-0.2, 0) is 5.75 Å². The molecule has 1 amide bonds. The van der Waals surface area contributed by atoms with Crippen LogP contribution in [-0.4, -0.2) is 37.0 Å². The van der Waals surface area contributed by atoms with Crippen molar-refractivity contribution in [1.29, 1.82) is 0 Å². The van der Waals surface area contributed by atoms with Gasteiger partial charge in [0.2, 0.25) is 0 Å². The third-order valence-electron chi connectivity index (χ3n) is 5.79. The largest absolute Gasteiger partial charge is 0.339 e. The average molecular weight is 403 g/mol. The van der Waals surface area contributed by atoms with Crippen molar-refractivity contribution in [2.75, 3.05) is 26.2 Å². The van der Waals surface area contributed by atoms with E-state index in [1.54, 1.807) is 0 Å². The van der Waals surface area contributed by atoms with Gasteiger partial charge in [-0.2, -0.15) is 0 Å². The second-order valence-corrected chi connectivity index (χ2v) is 8.57. The minimum atomic E-state index is 0. The maximum Gasteiger partial charge on any atom is 0.253 e. The SMILES string of the molecule is Cl.O=C(c1ccc(CSc2ccccc2)cc1)N1CCC2(CCNC2)CC1. The number of hydrogen-bond donors (Lipinski definition) is 1. The normalized spacial score (nSPS) is 18.3. The quantitative estimate of drug-likeness (QED) is 0.757. The Morgan fingerprint density at radius 1 is 1.00 bits per heavy atom. The molecule has 2 aromatic carbocycles. The van der Waals surface area contributed by atoms with Crippen LogP contribution >= 0.6 is 24.2 Å². The minimum Gasteiger partial charge on any atom is -0.339 e. The van der Waals surface area contributed by atoms with E-state index >= 15 is 0 Å². The molecule has 0 unspecified atom stereocenters. The zero-order chi connectivity index (χ0) is 17.8. The highest BCUT2D eigenvalue weighted by Gasteiger charge is 2.38. The van der Waals surface area contributed by atoms with Gasteiger partial charge in [-0.15, -0.1) is 24.2 Å². The molecule has 4 rings (SSSR count). The Morgan fingerprint density at radius 3 is 2.33 bits per heavy atom. The van der Waals surface area contributed by atoms with E-state index in [1.807, 2.05) is 34.9 Å². The van der Waals surface area contributed by atoms with E-state index in [0.717, 1.165) is 50.3 Å². The summed E-state index contributed by atoms with van der Waals surface area (Å²) in [6.45, 7) is 4.05. The summed E-state index contributed by atoms with van der Waals surface area (Å²) in [6, 6.07) is 18.6. The zero-order valence-electron chi connectivity index (χ0n) is 15.5. The van der Waals surface area contributed by atoms with Gasteiger partial charge in [-0.25, -0.2) is 0 Å². The Kier molecular flexibility index (Phi) is 6.85. The van der Waals surface area contributed by atoms with Crippen LogP contribution < -0.4 is 5.32 Å². The molecule has 2 fully saturated rings. The number of piperidine rings is 1. The van der Waals surface area contributed by atoms with Gasteiger partial charge in [0.05, 0.1) is 0 Å². The number of nitrogens with one attached hydrogen (secondary N) is 1. The monoisotopic (exact) mass is 402 g/mol. The highest BCUT2D eigenvalue weighted by Crippen LogP contribution is 2.37. The fraction of sp³-hybridized carbons (Fsp3) is 0.409. The van der Waals surface area contributed by atoms with Gasteiger partial charge in [0.25, 0.3) is 5.91 Å². The summed E-state index contributed by atoms with van der Waals surface area (Å²) in [5.74, 6) is 1.12. The lowest BCUT2D eigenvalue weighted by Crippen LogP contribution is -2.44. The molecule has 144 valence electrons. The lowest BCUT2D eigenvalue weighted by molar-refractivity contribution is 0.0607. The van der Waals surface area contributed by atoms with Crippen LogP contribution in [0.3, 0.4) is 0 Å². The van der Waals surface area contributed by atoms with Crippen LogP contribution in [0.5, 0.6) is 0 Å². The number of nitrogens with zero attached hydrogens (tertiary/aromatic N) is 1. The summed E-state index contributed by atoms with van der Waals surface area (Å²) in [5, 5.41) is 3.48. The molecule has 2 aliphatic heterocycles. The van der Waals surface area contributed by atoms with E-state index in [-0.39, 0.29) is 18.3 Å². The fourth-order valence-corrected chi connectivity index (χ4v) is 4.89. The number of rotatable bonds is 4. The number of carbonyl (C=O) groups excluding carboxylic acids is 1. The smallest absolute Gasteiger partial charge is 0.253 e. The summed E-state index contributed by atoms with van der Waals surface area (Å²) in [6.07, 6.45) is 3.54. The van der Waals surface area contributed by atoms with Gasteiger partial charge < -0.3 is 10.2 Å². The topological polar surface area (TPSA) is 32.3 Å². The van der Waals surface area contributed by atoms with Crippen molar-refractivity contribution in [3.63, 3.8) is 0 Å². The first-order valence-corrected chi connectivity index (χ1v) is 10.5. The predicted molar refractivity (Wildman–Crippen MR) is 115 cm³/mol. The maximum absolute atomic E-state index is 12.8. The molecule has 2 saturated heterocycles. The van der Waals surface area contributed by atoms with Crippen molar-refractivity contribution in [2.45, 2.75) is 29.9 Å². The van der Waals surface area contributed by atoms with Gasteiger partial charge in [0, 0.05) is 35.8 Å². The van der Waals surface area contributed by atoms with Crippen LogP contribution in [0.1, 0.15) is 35.2 Å². The molecule has 5 heteroatoms. The highest BCUT2D eigenvalue weighted by molar-refractivity contribution is 7.98. The van der Waals surface area contributed by atoms with Gasteiger partial charge in [0.1, 0.15) is 0 Å². The van der Waals surface area contributed by atoms with Gasteiger partial charge in [-0.3, -0.25) is 4.79 Å². The third kappa shape index (κ3) is 4.87. The maximum atomic E-state index is 12.8. The Morgan fingerprint density at radius 2 is 1.70 bits per heavy atom. The van der Waals surface area contributed by atoms with Crippen molar-refractivity contribution >= 4 is 30.1 Å². The summed E-state index contributed by atoms with van der Waals surface area (Å²) >= 11 is 1.83. The summed E-state index contributed by atoms with van der Waals surface area (Å²) in [7, 11) is 0. The van der Waals surface area contributed by atoms with Gasteiger partial charge in [-0.1, -0.05) is 30.3 Å². The second kappa shape index (κ2) is 9.13. The molecule has 1 N–H and O–H groups in total.